The van der Waals surface area contributed by atoms with Crippen LogP contribution in [0.2, 0.25) is 0 Å². The van der Waals surface area contributed by atoms with E-state index in [9.17, 15) is 9.90 Å². The lowest BCUT2D eigenvalue weighted by Gasteiger charge is -2.16. The minimum absolute atomic E-state index is 0.0543. The van der Waals surface area contributed by atoms with Crippen LogP contribution in [0, 0.1) is 6.92 Å². The number of aryl methyl sites for hydroxylation is 1. The summed E-state index contributed by atoms with van der Waals surface area (Å²) in [6.45, 7) is 2.01. The van der Waals surface area contributed by atoms with Crippen LogP contribution < -0.4 is 9.47 Å². The lowest BCUT2D eigenvalue weighted by atomic mass is 10.0. The molecule has 4 heteroatoms. The van der Waals surface area contributed by atoms with Crippen molar-refractivity contribution in [3.8, 4) is 11.5 Å². The Morgan fingerprint density at radius 3 is 2.48 bits per heavy atom. The zero-order valence-electron chi connectivity index (χ0n) is 12.1. The highest BCUT2D eigenvalue weighted by atomic mass is 16.5. The molecule has 2 rings (SSSR count). The molecule has 0 aromatic heterocycles. The lowest BCUT2D eigenvalue weighted by Crippen LogP contribution is -2.19. The fourth-order valence-corrected chi connectivity index (χ4v) is 2.06. The van der Waals surface area contributed by atoms with E-state index in [1.807, 2.05) is 37.3 Å². The summed E-state index contributed by atoms with van der Waals surface area (Å²) >= 11 is 0. The number of aliphatic carboxylic acids is 1. The number of rotatable bonds is 6. The summed E-state index contributed by atoms with van der Waals surface area (Å²) in [6, 6.07) is 14.6. The van der Waals surface area contributed by atoms with E-state index >= 15 is 0 Å². The highest BCUT2D eigenvalue weighted by Crippen LogP contribution is 2.29. The largest absolute Gasteiger partial charge is 0.493 e. The van der Waals surface area contributed by atoms with E-state index in [-0.39, 0.29) is 6.61 Å². The molecule has 110 valence electrons. The monoisotopic (exact) mass is 286 g/mol. The Kier molecular flexibility index (Phi) is 4.82. The van der Waals surface area contributed by atoms with Crippen LogP contribution in [0.25, 0.3) is 0 Å². The number of hydrogen-bond donors (Lipinski definition) is 1. The average Bonchev–Trinajstić information content (AvgIpc) is 2.49. The maximum absolute atomic E-state index is 11.4. The number of methoxy groups -OCH3 is 1. The molecule has 0 saturated heterocycles. The maximum Gasteiger partial charge on any atom is 0.314 e. The van der Waals surface area contributed by atoms with Crippen LogP contribution in [-0.4, -0.2) is 24.8 Å². The van der Waals surface area contributed by atoms with Crippen molar-refractivity contribution in [2.24, 2.45) is 0 Å². The molecule has 0 spiro atoms. The number of ether oxygens (including phenoxy) is 2. The number of benzene rings is 2. The number of carbonyl (C=O) groups is 1. The number of carboxylic acid groups (broad SMARTS) is 1. The summed E-state index contributed by atoms with van der Waals surface area (Å²) in [5, 5.41) is 9.36. The van der Waals surface area contributed by atoms with E-state index in [4.69, 9.17) is 9.47 Å². The molecule has 1 N–H and O–H groups in total. The molecule has 1 unspecified atom stereocenters. The molecule has 0 radical (unpaired) electrons. The van der Waals surface area contributed by atoms with Crippen LogP contribution in [-0.2, 0) is 4.79 Å². The third-order valence-electron chi connectivity index (χ3n) is 3.22. The smallest absolute Gasteiger partial charge is 0.314 e. The van der Waals surface area contributed by atoms with Crippen LogP contribution in [0.4, 0.5) is 0 Å². The van der Waals surface area contributed by atoms with E-state index in [0.29, 0.717) is 11.5 Å². The fourth-order valence-electron chi connectivity index (χ4n) is 2.06. The SMILES string of the molecule is COc1cc(C)ccc1OCC(C(=O)O)c1ccccc1. The van der Waals surface area contributed by atoms with Gasteiger partial charge in [-0.15, -0.1) is 0 Å². The molecule has 0 heterocycles. The fraction of sp³-hybridized carbons (Fsp3) is 0.235. The molecule has 0 saturated carbocycles. The second-order valence-electron chi connectivity index (χ2n) is 4.77. The van der Waals surface area contributed by atoms with Crippen LogP contribution in [0.5, 0.6) is 11.5 Å². The van der Waals surface area contributed by atoms with Gasteiger partial charge in [-0.1, -0.05) is 36.4 Å². The molecule has 0 aliphatic heterocycles. The third kappa shape index (κ3) is 3.75. The summed E-state index contributed by atoms with van der Waals surface area (Å²) in [6.07, 6.45) is 0. The molecule has 21 heavy (non-hydrogen) atoms. The predicted octanol–water partition coefficient (Wildman–Crippen LogP) is 3.25. The van der Waals surface area contributed by atoms with Gasteiger partial charge in [0.2, 0.25) is 0 Å². The van der Waals surface area contributed by atoms with Crippen molar-refractivity contribution in [2.75, 3.05) is 13.7 Å². The molecule has 0 fully saturated rings. The van der Waals surface area contributed by atoms with E-state index < -0.39 is 11.9 Å². The van der Waals surface area contributed by atoms with Crippen LogP contribution in [0.3, 0.4) is 0 Å². The molecule has 0 bridgehead atoms. The van der Waals surface area contributed by atoms with Crippen LogP contribution in [0.1, 0.15) is 17.0 Å². The first-order valence-electron chi connectivity index (χ1n) is 6.67. The average molecular weight is 286 g/mol. The van der Waals surface area contributed by atoms with Gasteiger partial charge < -0.3 is 14.6 Å². The normalized spacial score (nSPS) is 11.7. The Morgan fingerprint density at radius 2 is 1.86 bits per heavy atom. The van der Waals surface area contributed by atoms with Gasteiger partial charge in [0.25, 0.3) is 0 Å². The van der Waals surface area contributed by atoms with E-state index in [1.54, 1.807) is 25.3 Å². The topological polar surface area (TPSA) is 55.8 Å². The number of carboxylic acids is 1. The van der Waals surface area contributed by atoms with Gasteiger partial charge >= 0.3 is 5.97 Å². The Balaban J connectivity index is 2.15. The quantitative estimate of drug-likeness (QED) is 0.885. The van der Waals surface area contributed by atoms with Gasteiger partial charge in [0.1, 0.15) is 12.5 Å². The molecule has 1 atom stereocenters. The van der Waals surface area contributed by atoms with Crippen molar-refractivity contribution >= 4 is 5.97 Å². The Hall–Kier alpha value is -2.49. The van der Waals surface area contributed by atoms with Crippen molar-refractivity contribution in [2.45, 2.75) is 12.8 Å². The summed E-state index contributed by atoms with van der Waals surface area (Å²) in [4.78, 5) is 11.4. The highest BCUT2D eigenvalue weighted by Gasteiger charge is 2.21. The Bertz CT molecular complexity index is 607. The van der Waals surface area contributed by atoms with Gasteiger partial charge in [0, 0.05) is 0 Å². The second kappa shape index (κ2) is 6.79. The zero-order valence-corrected chi connectivity index (χ0v) is 12.1. The molecule has 0 aliphatic carbocycles. The summed E-state index contributed by atoms with van der Waals surface area (Å²) in [5.74, 6) is -0.470. The first-order valence-corrected chi connectivity index (χ1v) is 6.67. The van der Waals surface area contributed by atoms with Gasteiger partial charge in [-0.25, -0.2) is 0 Å². The van der Waals surface area contributed by atoms with Gasteiger partial charge in [-0.3, -0.25) is 4.79 Å². The summed E-state index contributed by atoms with van der Waals surface area (Å²) in [7, 11) is 1.56. The zero-order chi connectivity index (χ0) is 15.2. The van der Waals surface area contributed by atoms with Crippen molar-refractivity contribution < 1.29 is 19.4 Å². The van der Waals surface area contributed by atoms with E-state index in [2.05, 4.69) is 0 Å². The summed E-state index contributed by atoms with van der Waals surface area (Å²) < 4.78 is 10.9. The highest BCUT2D eigenvalue weighted by molar-refractivity contribution is 5.76. The lowest BCUT2D eigenvalue weighted by molar-refractivity contribution is -0.139. The molecule has 4 nitrogen and oxygen atoms in total. The van der Waals surface area contributed by atoms with Crippen molar-refractivity contribution in [3.05, 3.63) is 59.7 Å². The second-order valence-corrected chi connectivity index (χ2v) is 4.77. The molecular formula is C17H18O4. The summed E-state index contributed by atoms with van der Waals surface area (Å²) in [5.41, 5.74) is 1.77. The molecule has 0 amide bonds. The van der Waals surface area contributed by atoms with E-state index in [0.717, 1.165) is 11.1 Å². The minimum Gasteiger partial charge on any atom is -0.493 e. The molecular weight excluding hydrogens is 268 g/mol. The van der Waals surface area contributed by atoms with E-state index in [1.165, 1.54) is 0 Å². The molecule has 2 aromatic carbocycles. The maximum atomic E-state index is 11.4. The van der Waals surface area contributed by atoms with Crippen LogP contribution in [0.15, 0.2) is 48.5 Å². The predicted molar refractivity (Wildman–Crippen MR) is 80.0 cm³/mol. The molecule has 2 aromatic rings. The Labute approximate surface area is 123 Å². The van der Waals surface area contributed by atoms with Gasteiger partial charge in [0.05, 0.1) is 7.11 Å². The van der Waals surface area contributed by atoms with Gasteiger partial charge in [0.15, 0.2) is 11.5 Å². The third-order valence-corrected chi connectivity index (χ3v) is 3.22. The van der Waals surface area contributed by atoms with Crippen molar-refractivity contribution in [1.82, 2.24) is 0 Å². The Morgan fingerprint density at radius 1 is 1.14 bits per heavy atom. The first-order chi connectivity index (χ1) is 10.1. The van der Waals surface area contributed by atoms with Crippen molar-refractivity contribution in [3.63, 3.8) is 0 Å². The number of hydrogen-bond acceptors (Lipinski definition) is 3. The van der Waals surface area contributed by atoms with Gasteiger partial charge in [-0.05, 0) is 30.2 Å². The standard InChI is InChI=1S/C17H18O4/c1-12-8-9-15(16(10-12)20-2)21-11-14(17(18)19)13-6-4-3-5-7-13/h3-10,14H,11H2,1-2H3,(H,18,19). The van der Waals surface area contributed by atoms with Gasteiger partial charge in [-0.2, -0.15) is 0 Å². The first kappa shape index (κ1) is 14.9. The van der Waals surface area contributed by atoms with Crippen LogP contribution >= 0.6 is 0 Å². The minimum atomic E-state index is -0.910. The van der Waals surface area contributed by atoms with Crippen molar-refractivity contribution in [1.29, 1.82) is 0 Å². The molecule has 0 aliphatic rings.